The van der Waals surface area contributed by atoms with Gasteiger partial charge in [-0.1, -0.05) is 0 Å². The van der Waals surface area contributed by atoms with Gasteiger partial charge in [0.2, 0.25) is 0 Å². The van der Waals surface area contributed by atoms with Crippen LogP contribution in [0.15, 0.2) is 18.2 Å². The van der Waals surface area contributed by atoms with Gasteiger partial charge in [0.05, 0.1) is 5.69 Å². The highest BCUT2D eigenvalue weighted by Crippen LogP contribution is 2.26. The summed E-state index contributed by atoms with van der Waals surface area (Å²) in [5.41, 5.74) is 5.98. The van der Waals surface area contributed by atoms with Crippen molar-refractivity contribution in [3.8, 4) is 0 Å². The molecule has 4 N–H and O–H groups in total. The van der Waals surface area contributed by atoms with Crippen molar-refractivity contribution in [3.63, 3.8) is 0 Å². The van der Waals surface area contributed by atoms with Gasteiger partial charge in [-0.05, 0) is 51.8 Å². The maximum atomic E-state index is 13.8. The summed E-state index contributed by atoms with van der Waals surface area (Å²) in [5.74, 6) is -0.356. The van der Waals surface area contributed by atoms with Gasteiger partial charge in [0, 0.05) is 17.8 Å². The van der Waals surface area contributed by atoms with E-state index >= 15 is 0 Å². The molecule has 0 heterocycles. The van der Waals surface area contributed by atoms with Crippen LogP contribution < -0.4 is 16.4 Å². The lowest BCUT2D eigenvalue weighted by atomic mass is 9.87. The molecule has 21 heavy (non-hydrogen) atoms. The van der Waals surface area contributed by atoms with Crippen LogP contribution >= 0.6 is 0 Å². The zero-order valence-corrected chi connectivity index (χ0v) is 12.6. The molecule has 6 heteroatoms. The van der Waals surface area contributed by atoms with Crippen molar-refractivity contribution < 1.29 is 13.9 Å². The van der Waals surface area contributed by atoms with Crippen LogP contribution in [0.2, 0.25) is 0 Å². The van der Waals surface area contributed by atoms with E-state index in [1.54, 1.807) is 26.8 Å². The summed E-state index contributed by atoms with van der Waals surface area (Å²) in [6, 6.07) is 4.74. The molecule has 0 bridgehead atoms. The van der Waals surface area contributed by atoms with Gasteiger partial charge in [-0.25, -0.2) is 9.18 Å². The first-order chi connectivity index (χ1) is 9.73. The lowest BCUT2D eigenvalue weighted by Gasteiger charge is -2.34. The Hall–Kier alpha value is -1.82. The van der Waals surface area contributed by atoms with Crippen LogP contribution in [0.1, 0.15) is 33.6 Å². The lowest BCUT2D eigenvalue weighted by Crippen LogP contribution is -2.44. The second-order valence-corrected chi connectivity index (χ2v) is 6.39. The number of ether oxygens (including phenoxy) is 1. The average Bonchev–Trinajstić information content (AvgIpc) is 2.28. The third-order valence-corrected chi connectivity index (χ3v) is 3.15. The Labute approximate surface area is 124 Å². The summed E-state index contributed by atoms with van der Waals surface area (Å²) in [4.78, 5) is 11.7. The number of nitrogens with two attached hydrogens (primary N) is 1. The quantitative estimate of drug-likeness (QED) is 0.801. The fraction of sp³-hybridized carbons (Fsp3) is 0.533. The van der Waals surface area contributed by atoms with E-state index < -0.39 is 11.7 Å². The molecule has 2 rings (SSSR count). The number of anilines is 2. The molecule has 1 aliphatic rings. The maximum Gasteiger partial charge on any atom is 0.412 e. The van der Waals surface area contributed by atoms with Crippen molar-refractivity contribution in [3.05, 3.63) is 24.0 Å². The number of halogens is 1. The molecule has 0 aliphatic heterocycles. The van der Waals surface area contributed by atoms with Crippen LogP contribution in [0.3, 0.4) is 0 Å². The molecule has 1 aromatic rings. The molecule has 0 radical (unpaired) electrons. The molecular weight excluding hydrogens is 273 g/mol. The van der Waals surface area contributed by atoms with Crippen molar-refractivity contribution in [2.45, 2.75) is 51.3 Å². The second-order valence-electron chi connectivity index (χ2n) is 6.39. The number of benzene rings is 1. The zero-order valence-electron chi connectivity index (χ0n) is 12.6. The fourth-order valence-electron chi connectivity index (χ4n) is 2.13. The van der Waals surface area contributed by atoms with Gasteiger partial charge in [0.1, 0.15) is 11.4 Å². The van der Waals surface area contributed by atoms with Crippen LogP contribution in [0.5, 0.6) is 0 Å². The van der Waals surface area contributed by atoms with Crippen molar-refractivity contribution in [2.75, 3.05) is 10.6 Å². The third-order valence-electron chi connectivity index (χ3n) is 3.15. The SMILES string of the molecule is CC(C)(C)OC(=O)Nc1ccc(F)c(NC2CC(N)C2)c1. The van der Waals surface area contributed by atoms with E-state index in [0.717, 1.165) is 12.8 Å². The molecule has 1 fully saturated rings. The number of amides is 1. The topological polar surface area (TPSA) is 76.4 Å². The Kier molecular flexibility index (Phi) is 4.37. The number of hydrogen-bond acceptors (Lipinski definition) is 4. The molecule has 5 nitrogen and oxygen atoms in total. The van der Waals surface area contributed by atoms with E-state index in [4.69, 9.17) is 10.5 Å². The van der Waals surface area contributed by atoms with Crippen molar-refractivity contribution in [1.29, 1.82) is 0 Å². The van der Waals surface area contributed by atoms with Gasteiger partial charge >= 0.3 is 6.09 Å². The highest BCUT2D eigenvalue weighted by atomic mass is 19.1. The summed E-state index contributed by atoms with van der Waals surface area (Å²) in [5, 5.41) is 5.68. The van der Waals surface area contributed by atoms with E-state index in [1.807, 2.05) is 0 Å². The Morgan fingerprint density at radius 3 is 2.62 bits per heavy atom. The van der Waals surface area contributed by atoms with Gasteiger partial charge in [-0.3, -0.25) is 5.32 Å². The largest absolute Gasteiger partial charge is 0.444 e. The Morgan fingerprint density at radius 1 is 1.38 bits per heavy atom. The number of rotatable bonds is 3. The van der Waals surface area contributed by atoms with E-state index in [-0.39, 0.29) is 17.9 Å². The van der Waals surface area contributed by atoms with E-state index in [1.165, 1.54) is 12.1 Å². The standard InChI is InChI=1S/C15H22FN3O2/c1-15(2,3)21-14(20)19-10-4-5-12(16)13(8-10)18-11-6-9(17)7-11/h4-5,8-9,11,18H,6-7,17H2,1-3H3,(H,19,20). The summed E-state index contributed by atoms with van der Waals surface area (Å²) >= 11 is 0. The van der Waals surface area contributed by atoms with E-state index in [2.05, 4.69) is 10.6 Å². The van der Waals surface area contributed by atoms with Crippen LogP contribution in [0.4, 0.5) is 20.6 Å². The smallest absolute Gasteiger partial charge is 0.412 e. The highest BCUT2D eigenvalue weighted by molar-refractivity contribution is 5.85. The van der Waals surface area contributed by atoms with Gasteiger partial charge < -0.3 is 15.8 Å². The Bertz CT molecular complexity index is 522. The Morgan fingerprint density at radius 2 is 2.05 bits per heavy atom. The van der Waals surface area contributed by atoms with Gasteiger partial charge in [-0.15, -0.1) is 0 Å². The first-order valence-corrected chi connectivity index (χ1v) is 7.04. The molecular formula is C15H22FN3O2. The third kappa shape index (κ3) is 4.60. The molecule has 0 spiro atoms. The summed E-state index contributed by atoms with van der Waals surface area (Å²) in [7, 11) is 0. The predicted octanol–water partition coefficient (Wildman–Crippen LogP) is 3.07. The molecule has 1 amide bonds. The van der Waals surface area contributed by atoms with Gasteiger partial charge in [0.25, 0.3) is 0 Å². The zero-order chi connectivity index (χ0) is 15.6. The predicted molar refractivity (Wildman–Crippen MR) is 80.9 cm³/mol. The number of carbonyl (C=O) groups excluding carboxylic acids is 1. The van der Waals surface area contributed by atoms with Crippen molar-refractivity contribution in [2.24, 2.45) is 5.73 Å². The average molecular weight is 295 g/mol. The van der Waals surface area contributed by atoms with Crippen molar-refractivity contribution >= 4 is 17.5 Å². The number of nitrogens with one attached hydrogen (secondary N) is 2. The van der Waals surface area contributed by atoms with Gasteiger partial charge in [-0.2, -0.15) is 0 Å². The minimum atomic E-state index is -0.576. The Balaban J connectivity index is 1.99. The van der Waals surface area contributed by atoms with Crippen LogP contribution in [-0.2, 0) is 4.74 Å². The van der Waals surface area contributed by atoms with Crippen LogP contribution in [-0.4, -0.2) is 23.8 Å². The van der Waals surface area contributed by atoms with Gasteiger partial charge in [0.15, 0.2) is 0 Å². The minimum absolute atomic E-state index is 0.186. The van der Waals surface area contributed by atoms with Crippen molar-refractivity contribution in [1.82, 2.24) is 0 Å². The summed E-state index contributed by atoms with van der Waals surface area (Å²) < 4.78 is 18.9. The monoisotopic (exact) mass is 295 g/mol. The molecule has 0 saturated heterocycles. The molecule has 1 aromatic carbocycles. The van der Waals surface area contributed by atoms with E-state index in [0.29, 0.717) is 11.4 Å². The lowest BCUT2D eigenvalue weighted by molar-refractivity contribution is 0.0636. The maximum absolute atomic E-state index is 13.8. The molecule has 0 aromatic heterocycles. The minimum Gasteiger partial charge on any atom is -0.444 e. The number of carbonyl (C=O) groups is 1. The van der Waals surface area contributed by atoms with Crippen LogP contribution in [0.25, 0.3) is 0 Å². The summed E-state index contributed by atoms with van der Waals surface area (Å²) in [6.07, 6.45) is 1.08. The molecule has 1 saturated carbocycles. The fourth-order valence-corrected chi connectivity index (χ4v) is 2.13. The molecule has 0 atom stereocenters. The highest BCUT2D eigenvalue weighted by Gasteiger charge is 2.26. The normalized spacial score (nSPS) is 21.4. The molecule has 116 valence electrons. The van der Waals surface area contributed by atoms with E-state index in [9.17, 15) is 9.18 Å². The second kappa shape index (κ2) is 5.89. The first-order valence-electron chi connectivity index (χ1n) is 7.04. The first kappa shape index (κ1) is 15.6. The van der Waals surface area contributed by atoms with Crippen LogP contribution in [0, 0.1) is 5.82 Å². The molecule has 0 unspecified atom stereocenters. The molecule has 1 aliphatic carbocycles. The number of hydrogen-bond donors (Lipinski definition) is 3. The summed E-state index contributed by atoms with van der Waals surface area (Å²) in [6.45, 7) is 5.35.